The highest BCUT2D eigenvalue weighted by atomic mass is 32.2. The highest BCUT2D eigenvalue weighted by Crippen LogP contribution is 2.31. The zero-order chi connectivity index (χ0) is 27.6. The van der Waals surface area contributed by atoms with Gasteiger partial charge < -0.3 is 10.2 Å². The van der Waals surface area contributed by atoms with E-state index in [0.717, 1.165) is 51.3 Å². The summed E-state index contributed by atoms with van der Waals surface area (Å²) in [5, 5.41) is 3.59. The van der Waals surface area contributed by atoms with Gasteiger partial charge in [-0.25, -0.2) is 22.2 Å². The first-order chi connectivity index (χ1) is 18.7. The summed E-state index contributed by atoms with van der Waals surface area (Å²) in [6, 6.07) is 8.31. The highest BCUT2D eigenvalue weighted by molar-refractivity contribution is 7.89. The normalized spacial score (nSPS) is 17.7. The number of carbonyl (C=O) groups excluding carboxylic acids is 1. The summed E-state index contributed by atoms with van der Waals surface area (Å²) in [6.45, 7) is 4.02. The number of hydrogen-bond donors (Lipinski definition) is 1. The van der Waals surface area contributed by atoms with Crippen LogP contribution in [0.4, 0.5) is 13.9 Å². The standard InChI is InChI=1S/C27H33F2N5O3S2/c1-32(21-5-3-2-4-6-21)39(36,37)22-9-7-19(8-10-22)26(35)30-11-12-33-13-15-34(16-14-33)27-31-25-23(29)17-20(28)18-24(25)38-27/h7-10,17-18,21H,2-6,11-16H2,1H3,(H,30,35). The molecule has 12 heteroatoms. The number of sulfonamides is 1. The van der Waals surface area contributed by atoms with Crippen molar-refractivity contribution in [2.24, 2.45) is 0 Å². The molecule has 2 aliphatic rings. The molecule has 2 aromatic carbocycles. The minimum absolute atomic E-state index is 0.0300. The van der Waals surface area contributed by atoms with Crippen molar-refractivity contribution >= 4 is 42.6 Å². The predicted octanol–water partition coefficient (Wildman–Crippen LogP) is 4.08. The molecule has 0 radical (unpaired) electrons. The summed E-state index contributed by atoms with van der Waals surface area (Å²) in [5.41, 5.74) is 0.613. The Labute approximate surface area is 231 Å². The third kappa shape index (κ3) is 6.24. The van der Waals surface area contributed by atoms with Crippen LogP contribution in [0.2, 0.25) is 0 Å². The van der Waals surface area contributed by atoms with E-state index in [1.807, 2.05) is 0 Å². The highest BCUT2D eigenvalue weighted by Gasteiger charge is 2.29. The number of rotatable bonds is 8. The second kappa shape index (κ2) is 11.8. The zero-order valence-electron chi connectivity index (χ0n) is 21.9. The lowest BCUT2D eigenvalue weighted by Gasteiger charge is -2.34. The van der Waals surface area contributed by atoms with Crippen LogP contribution in [0, 0.1) is 11.6 Å². The van der Waals surface area contributed by atoms with Gasteiger partial charge in [0.1, 0.15) is 11.3 Å². The Kier molecular flexibility index (Phi) is 8.46. The molecule has 0 unspecified atom stereocenters. The van der Waals surface area contributed by atoms with Gasteiger partial charge in [0.05, 0.1) is 9.60 Å². The van der Waals surface area contributed by atoms with Crippen LogP contribution in [0.15, 0.2) is 41.3 Å². The van der Waals surface area contributed by atoms with Crippen molar-refractivity contribution in [1.29, 1.82) is 0 Å². The molecule has 39 heavy (non-hydrogen) atoms. The third-order valence-corrected chi connectivity index (χ3v) is 10.6. The average molecular weight is 578 g/mol. The number of nitrogens with zero attached hydrogens (tertiary/aromatic N) is 4. The van der Waals surface area contributed by atoms with Gasteiger partial charge in [-0.1, -0.05) is 30.6 Å². The van der Waals surface area contributed by atoms with E-state index in [4.69, 9.17) is 0 Å². The minimum Gasteiger partial charge on any atom is -0.351 e. The number of hydrogen-bond acceptors (Lipinski definition) is 7. The van der Waals surface area contributed by atoms with Crippen LogP contribution in [0.5, 0.6) is 0 Å². The minimum atomic E-state index is -3.60. The summed E-state index contributed by atoms with van der Waals surface area (Å²) in [6.07, 6.45) is 5.01. The molecule has 1 aliphatic heterocycles. The summed E-state index contributed by atoms with van der Waals surface area (Å²) in [7, 11) is -1.95. The molecule has 0 atom stereocenters. The Morgan fingerprint density at radius 1 is 1.08 bits per heavy atom. The first-order valence-electron chi connectivity index (χ1n) is 13.3. The molecule has 210 valence electrons. The van der Waals surface area contributed by atoms with Gasteiger partial charge in [-0.3, -0.25) is 9.69 Å². The van der Waals surface area contributed by atoms with Crippen LogP contribution in [0.1, 0.15) is 42.5 Å². The molecular formula is C27H33F2N5O3S2. The SMILES string of the molecule is CN(C1CCCCC1)S(=O)(=O)c1ccc(C(=O)NCCN2CCN(c3nc4c(F)cc(F)cc4s3)CC2)cc1. The zero-order valence-corrected chi connectivity index (χ0v) is 23.5. The van der Waals surface area contributed by atoms with E-state index in [9.17, 15) is 22.0 Å². The maximum Gasteiger partial charge on any atom is 0.251 e. The van der Waals surface area contributed by atoms with Crippen molar-refractivity contribution in [2.75, 3.05) is 51.2 Å². The van der Waals surface area contributed by atoms with Gasteiger partial charge in [-0.2, -0.15) is 4.31 Å². The molecule has 1 amide bonds. The first-order valence-corrected chi connectivity index (χ1v) is 15.6. The van der Waals surface area contributed by atoms with Crippen molar-refractivity contribution in [3.05, 3.63) is 53.6 Å². The van der Waals surface area contributed by atoms with Gasteiger partial charge in [0.2, 0.25) is 10.0 Å². The maximum atomic E-state index is 14.0. The molecule has 8 nitrogen and oxygen atoms in total. The Balaban J connectivity index is 1.09. The Morgan fingerprint density at radius 2 is 1.77 bits per heavy atom. The lowest BCUT2D eigenvalue weighted by Crippen LogP contribution is -2.48. The summed E-state index contributed by atoms with van der Waals surface area (Å²) >= 11 is 1.28. The molecular weight excluding hydrogens is 544 g/mol. The quantitative estimate of drug-likeness (QED) is 0.434. The molecule has 0 bridgehead atoms. The fourth-order valence-corrected chi connectivity index (χ4v) is 7.73. The molecule has 2 heterocycles. The second-order valence-corrected chi connectivity index (χ2v) is 13.2. The summed E-state index contributed by atoms with van der Waals surface area (Å²) in [5.74, 6) is -1.50. The van der Waals surface area contributed by atoms with Crippen molar-refractivity contribution < 1.29 is 22.0 Å². The second-order valence-electron chi connectivity index (χ2n) is 10.2. The van der Waals surface area contributed by atoms with Crippen LogP contribution in [0.25, 0.3) is 10.2 Å². The van der Waals surface area contributed by atoms with E-state index in [2.05, 4.69) is 20.1 Å². The van der Waals surface area contributed by atoms with Crippen LogP contribution >= 0.6 is 11.3 Å². The molecule has 0 spiro atoms. The number of carbonyl (C=O) groups is 1. The van der Waals surface area contributed by atoms with Crippen LogP contribution in [-0.4, -0.2) is 80.9 Å². The third-order valence-electron chi connectivity index (χ3n) is 7.64. The lowest BCUT2D eigenvalue weighted by atomic mass is 9.96. The van der Waals surface area contributed by atoms with Crippen LogP contribution in [-0.2, 0) is 10.0 Å². The van der Waals surface area contributed by atoms with Crippen LogP contribution in [0.3, 0.4) is 0 Å². The number of aromatic nitrogens is 1. The number of benzene rings is 2. The van der Waals surface area contributed by atoms with Crippen molar-refractivity contribution in [3.8, 4) is 0 Å². The number of nitrogens with one attached hydrogen (secondary N) is 1. The maximum absolute atomic E-state index is 14.0. The smallest absolute Gasteiger partial charge is 0.251 e. The van der Waals surface area contributed by atoms with Gasteiger partial charge in [0, 0.05) is 64.0 Å². The van der Waals surface area contributed by atoms with E-state index in [1.54, 1.807) is 19.2 Å². The number of anilines is 1. The number of thiazole rings is 1. The largest absolute Gasteiger partial charge is 0.351 e. The number of piperazine rings is 1. The van der Waals surface area contributed by atoms with Crippen molar-refractivity contribution in [2.45, 2.75) is 43.0 Å². The van der Waals surface area contributed by atoms with Gasteiger partial charge in [-0.15, -0.1) is 0 Å². The van der Waals surface area contributed by atoms with Gasteiger partial charge in [0.15, 0.2) is 10.9 Å². The van der Waals surface area contributed by atoms with E-state index in [-0.39, 0.29) is 22.4 Å². The molecule has 1 saturated carbocycles. The van der Waals surface area contributed by atoms with E-state index in [0.29, 0.717) is 41.6 Å². The number of halogens is 2. The van der Waals surface area contributed by atoms with Gasteiger partial charge in [0.25, 0.3) is 5.91 Å². The Bertz CT molecular complexity index is 1420. The number of fused-ring (bicyclic) bond motifs is 1. The molecule has 5 rings (SSSR count). The fourth-order valence-electron chi connectivity index (χ4n) is 5.26. The van der Waals surface area contributed by atoms with Crippen molar-refractivity contribution in [3.63, 3.8) is 0 Å². The average Bonchev–Trinajstić information content (AvgIpc) is 3.38. The molecule has 1 aliphatic carbocycles. The van der Waals surface area contributed by atoms with Crippen LogP contribution < -0.4 is 10.2 Å². The number of amides is 1. The van der Waals surface area contributed by atoms with E-state index >= 15 is 0 Å². The molecule has 2 fully saturated rings. The monoisotopic (exact) mass is 577 g/mol. The van der Waals surface area contributed by atoms with E-state index < -0.39 is 21.7 Å². The Morgan fingerprint density at radius 3 is 2.46 bits per heavy atom. The fraction of sp³-hybridized carbons (Fsp3) is 0.481. The first kappa shape index (κ1) is 27.9. The molecule has 1 N–H and O–H groups in total. The van der Waals surface area contributed by atoms with Gasteiger partial charge in [-0.05, 0) is 43.2 Å². The lowest BCUT2D eigenvalue weighted by molar-refractivity contribution is 0.0947. The molecule has 1 aromatic heterocycles. The molecule has 1 saturated heterocycles. The molecule has 3 aromatic rings. The predicted molar refractivity (Wildman–Crippen MR) is 149 cm³/mol. The van der Waals surface area contributed by atoms with Crippen molar-refractivity contribution in [1.82, 2.24) is 19.5 Å². The summed E-state index contributed by atoms with van der Waals surface area (Å²) < 4.78 is 55.5. The topological polar surface area (TPSA) is 85.8 Å². The van der Waals surface area contributed by atoms with E-state index in [1.165, 1.54) is 33.8 Å². The summed E-state index contributed by atoms with van der Waals surface area (Å²) in [4.78, 5) is 21.5. The Hall–Kier alpha value is -2.67. The van der Waals surface area contributed by atoms with Gasteiger partial charge >= 0.3 is 0 Å².